The third kappa shape index (κ3) is 4.00. The van der Waals surface area contributed by atoms with Crippen molar-refractivity contribution in [2.75, 3.05) is 32.7 Å². The van der Waals surface area contributed by atoms with E-state index < -0.39 is 0 Å². The molecule has 21 heavy (non-hydrogen) atoms. The van der Waals surface area contributed by atoms with Crippen LogP contribution in [0.5, 0.6) is 0 Å². The van der Waals surface area contributed by atoms with E-state index in [1.54, 1.807) is 0 Å². The SMILES string of the molecule is CCC(C)N1CCN(C2(CN)CCCC(C)(C)CC2)CC1. The van der Waals surface area contributed by atoms with Gasteiger partial charge in [0.15, 0.2) is 0 Å². The largest absolute Gasteiger partial charge is 0.329 e. The van der Waals surface area contributed by atoms with Gasteiger partial charge in [0.1, 0.15) is 0 Å². The Hall–Kier alpha value is -0.120. The lowest BCUT2D eigenvalue weighted by Gasteiger charge is -2.48. The Morgan fingerprint density at radius 1 is 1.00 bits per heavy atom. The molecule has 1 aliphatic carbocycles. The van der Waals surface area contributed by atoms with Gasteiger partial charge in [0.2, 0.25) is 0 Å². The molecule has 1 heterocycles. The van der Waals surface area contributed by atoms with Crippen LogP contribution >= 0.6 is 0 Å². The monoisotopic (exact) mass is 295 g/mol. The molecule has 2 aliphatic rings. The predicted octanol–water partition coefficient (Wildman–Crippen LogP) is 3.09. The minimum Gasteiger partial charge on any atom is -0.329 e. The molecule has 0 amide bonds. The Morgan fingerprint density at radius 2 is 1.67 bits per heavy atom. The van der Waals surface area contributed by atoms with Crippen LogP contribution in [0.25, 0.3) is 0 Å². The zero-order valence-electron chi connectivity index (χ0n) is 14.8. The number of hydrogen-bond donors (Lipinski definition) is 1. The summed E-state index contributed by atoms with van der Waals surface area (Å²) in [7, 11) is 0. The molecular formula is C18H37N3. The van der Waals surface area contributed by atoms with Crippen molar-refractivity contribution in [2.45, 2.75) is 77.8 Å². The summed E-state index contributed by atoms with van der Waals surface area (Å²) in [4.78, 5) is 5.40. The van der Waals surface area contributed by atoms with Crippen LogP contribution in [0.15, 0.2) is 0 Å². The van der Waals surface area contributed by atoms with E-state index in [-0.39, 0.29) is 5.54 Å². The van der Waals surface area contributed by atoms with Crippen molar-refractivity contribution in [1.29, 1.82) is 0 Å². The van der Waals surface area contributed by atoms with Crippen LogP contribution in [0.3, 0.4) is 0 Å². The molecule has 0 bridgehead atoms. The summed E-state index contributed by atoms with van der Waals surface area (Å²) >= 11 is 0. The van der Waals surface area contributed by atoms with Crippen LogP contribution in [-0.4, -0.2) is 54.1 Å². The zero-order chi connectivity index (χ0) is 15.5. The molecule has 3 heteroatoms. The normalized spacial score (nSPS) is 33.6. The fourth-order valence-electron chi connectivity index (χ4n) is 4.26. The minimum atomic E-state index is 0.287. The van der Waals surface area contributed by atoms with Gasteiger partial charge in [-0.3, -0.25) is 9.80 Å². The highest BCUT2D eigenvalue weighted by molar-refractivity contribution is 4.97. The molecule has 0 aromatic heterocycles. The number of rotatable bonds is 4. The molecule has 0 aromatic rings. The summed E-state index contributed by atoms with van der Waals surface area (Å²) in [5.74, 6) is 0. The Balaban J connectivity index is 1.99. The molecule has 2 N–H and O–H groups in total. The lowest BCUT2D eigenvalue weighted by molar-refractivity contribution is 0.0130. The van der Waals surface area contributed by atoms with E-state index in [2.05, 4.69) is 37.5 Å². The zero-order valence-corrected chi connectivity index (χ0v) is 14.8. The van der Waals surface area contributed by atoms with Crippen LogP contribution in [0.1, 0.15) is 66.2 Å². The van der Waals surface area contributed by atoms with Crippen molar-refractivity contribution >= 4 is 0 Å². The summed E-state index contributed by atoms with van der Waals surface area (Å²) in [6, 6.07) is 0.731. The highest BCUT2D eigenvalue weighted by Gasteiger charge is 2.40. The van der Waals surface area contributed by atoms with Gasteiger partial charge in [-0.1, -0.05) is 27.2 Å². The van der Waals surface area contributed by atoms with Crippen molar-refractivity contribution in [3.05, 3.63) is 0 Å². The summed E-state index contributed by atoms with van der Waals surface area (Å²) in [5.41, 5.74) is 7.09. The predicted molar refractivity (Wildman–Crippen MR) is 91.6 cm³/mol. The summed E-state index contributed by atoms with van der Waals surface area (Å²) in [6.07, 6.45) is 7.89. The lowest BCUT2D eigenvalue weighted by Crippen LogP contribution is -2.61. The van der Waals surface area contributed by atoms with Gasteiger partial charge in [0.05, 0.1) is 0 Å². The third-order valence-electron chi connectivity index (χ3n) is 6.34. The van der Waals surface area contributed by atoms with Gasteiger partial charge < -0.3 is 5.73 Å². The van der Waals surface area contributed by atoms with E-state index in [9.17, 15) is 0 Å². The Kier molecular flexibility index (Phi) is 5.72. The van der Waals surface area contributed by atoms with Crippen molar-refractivity contribution in [2.24, 2.45) is 11.1 Å². The molecule has 2 rings (SSSR count). The molecule has 0 spiro atoms. The van der Waals surface area contributed by atoms with Gasteiger partial charge in [-0.25, -0.2) is 0 Å². The van der Waals surface area contributed by atoms with E-state index in [1.165, 1.54) is 64.7 Å². The average Bonchev–Trinajstić information content (AvgIpc) is 2.65. The topological polar surface area (TPSA) is 32.5 Å². The maximum atomic E-state index is 6.29. The third-order valence-corrected chi connectivity index (χ3v) is 6.34. The quantitative estimate of drug-likeness (QED) is 0.809. The molecule has 2 unspecified atom stereocenters. The Labute approximate surface area is 132 Å². The number of hydrogen-bond acceptors (Lipinski definition) is 3. The lowest BCUT2D eigenvalue weighted by atomic mass is 9.82. The van der Waals surface area contributed by atoms with E-state index in [4.69, 9.17) is 5.73 Å². The van der Waals surface area contributed by atoms with Crippen LogP contribution in [0, 0.1) is 5.41 Å². The molecule has 3 nitrogen and oxygen atoms in total. The first-order valence-corrected chi connectivity index (χ1v) is 9.12. The molecule has 124 valence electrons. The highest BCUT2D eigenvalue weighted by atomic mass is 15.3. The molecule has 1 saturated carbocycles. The van der Waals surface area contributed by atoms with Crippen molar-refractivity contribution in [3.8, 4) is 0 Å². The fourth-order valence-corrected chi connectivity index (χ4v) is 4.26. The Bertz CT molecular complexity index is 320. The van der Waals surface area contributed by atoms with E-state index >= 15 is 0 Å². The Morgan fingerprint density at radius 3 is 2.24 bits per heavy atom. The van der Waals surface area contributed by atoms with Gasteiger partial charge in [0.25, 0.3) is 0 Å². The maximum Gasteiger partial charge on any atom is 0.0333 e. The van der Waals surface area contributed by atoms with Gasteiger partial charge in [-0.05, 0) is 44.4 Å². The number of nitrogens with zero attached hydrogens (tertiary/aromatic N) is 2. The first-order chi connectivity index (χ1) is 9.92. The van der Waals surface area contributed by atoms with Crippen LogP contribution < -0.4 is 5.73 Å². The van der Waals surface area contributed by atoms with Crippen molar-refractivity contribution < 1.29 is 0 Å². The van der Waals surface area contributed by atoms with E-state index in [0.29, 0.717) is 5.41 Å². The van der Waals surface area contributed by atoms with Gasteiger partial charge >= 0.3 is 0 Å². The van der Waals surface area contributed by atoms with E-state index in [1.807, 2.05) is 0 Å². The number of piperazine rings is 1. The molecule has 0 aromatic carbocycles. The van der Waals surface area contributed by atoms with E-state index in [0.717, 1.165) is 12.6 Å². The van der Waals surface area contributed by atoms with Crippen LogP contribution in [0.2, 0.25) is 0 Å². The maximum absolute atomic E-state index is 6.29. The molecule has 1 saturated heterocycles. The van der Waals surface area contributed by atoms with Gasteiger partial charge in [0, 0.05) is 44.3 Å². The minimum absolute atomic E-state index is 0.287. The van der Waals surface area contributed by atoms with Gasteiger partial charge in [-0.2, -0.15) is 0 Å². The van der Waals surface area contributed by atoms with Crippen molar-refractivity contribution in [1.82, 2.24) is 9.80 Å². The number of nitrogens with two attached hydrogens (primary N) is 1. The van der Waals surface area contributed by atoms with Crippen molar-refractivity contribution in [3.63, 3.8) is 0 Å². The first kappa shape index (κ1) is 17.2. The highest BCUT2D eigenvalue weighted by Crippen LogP contribution is 2.40. The summed E-state index contributed by atoms with van der Waals surface area (Å²) in [5, 5.41) is 0. The fraction of sp³-hybridized carbons (Fsp3) is 1.00. The molecule has 0 radical (unpaired) electrons. The summed E-state index contributed by atoms with van der Waals surface area (Å²) < 4.78 is 0. The second kappa shape index (κ2) is 6.97. The summed E-state index contributed by atoms with van der Waals surface area (Å²) in [6.45, 7) is 15.2. The van der Waals surface area contributed by atoms with Gasteiger partial charge in [-0.15, -0.1) is 0 Å². The molecule has 2 fully saturated rings. The molecule has 2 atom stereocenters. The standard InChI is InChI=1S/C18H37N3/c1-5-16(2)20-11-13-21(14-12-20)18(15-19)8-6-7-17(3,4)9-10-18/h16H,5-15,19H2,1-4H3. The smallest absolute Gasteiger partial charge is 0.0333 e. The van der Waals surface area contributed by atoms with Crippen LogP contribution in [0.4, 0.5) is 0 Å². The first-order valence-electron chi connectivity index (χ1n) is 9.12. The average molecular weight is 296 g/mol. The second-order valence-electron chi connectivity index (χ2n) is 8.23. The molecular weight excluding hydrogens is 258 g/mol. The molecule has 1 aliphatic heterocycles. The van der Waals surface area contributed by atoms with Crippen LogP contribution in [-0.2, 0) is 0 Å². The second-order valence-corrected chi connectivity index (χ2v) is 8.23.